The second-order valence-electron chi connectivity index (χ2n) is 4.15. The van der Waals surface area contributed by atoms with E-state index in [4.69, 9.17) is 9.47 Å². The molecule has 0 saturated carbocycles. The van der Waals surface area contributed by atoms with Crippen molar-refractivity contribution in [2.45, 2.75) is 25.4 Å². The van der Waals surface area contributed by atoms with Gasteiger partial charge < -0.3 is 14.6 Å². The molecule has 1 aromatic rings. The number of ether oxygens (including phenoxy) is 2. The van der Waals surface area contributed by atoms with Gasteiger partial charge in [-0.2, -0.15) is 0 Å². The predicted molar refractivity (Wildman–Crippen MR) is 61.6 cm³/mol. The van der Waals surface area contributed by atoms with Crippen LogP contribution in [0.15, 0.2) is 24.3 Å². The van der Waals surface area contributed by atoms with Crippen molar-refractivity contribution in [1.29, 1.82) is 0 Å². The van der Waals surface area contributed by atoms with Crippen molar-refractivity contribution in [2.24, 2.45) is 0 Å². The van der Waals surface area contributed by atoms with Crippen LogP contribution in [0, 0.1) is 0 Å². The van der Waals surface area contributed by atoms with Gasteiger partial charge in [0.1, 0.15) is 11.4 Å². The van der Waals surface area contributed by atoms with Gasteiger partial charge in [-0.3, -0.25) is 0 Å². The number of aliphatic hydroxyl groups is 1. The van der Waals surface area contributed by atoms with E-state index in [0.29, 0.717) is 13.2 Å². The molecule has 0 bridgehead atoms. The van der Waals surface area contributed by atoms with Crippen LogP contribution >= 0.6 is 0 Å². The fourth-order valence-corrected chi connectivity index (χ4v) is 2.04. The zero-order chi connectivity index (χ0) is 11.4. The summed E-state index contributed by atoms with van der Waals surface area (Å²) in [6, 6.07) is 7.62. The van der Waals surface area contributed by atoms with Gasteiger partial charge in [-0.25, -0.2) is 0 Å². The van der Waals surface area contributed by atoms with E-state index in [9.17, 15) is 5.11 Å². The van der Waals surface area contributed by atoms with Gasteiger partial charge in [-0.15, -0.1) is 0 Å². The van der Waals surface area contributed by atoms with Crippen LogP contribution in [0.4, 0.5) is 0 Å². The quantitative estimate of drug-likeness (QED) is 0.851. The molecule has 1 atom stereocenters. The smallest absolute Gasteiger partial charge is 0.119 e. The van der Waals surface area contributed by atoms with Crippen LogP contribution in [0.1, 0.15) is 25.3 Å². The van der Waals surface area contributed by atoms with Gasteiger partial charge in [0, 0.05) is 6.61 Å². The van der Waals surface area contributed by atoms with E-state index in [1.54, 1.807) is 0 Å². The summed E-state index contributed by atoms with van der Waals surface area (Å²) in [4.78, 5) is 0. The molecule has 2 rings (SSSR count). The van der Waals surface area contributed by atoms with Crippen LogP contribution in [-0.4, -0.2) is 24.9 Å². The molecule has 1 aliphatic heterocycles. The number of benzene rings is 1. The zero-order valence-corrected chi connectivity index (χ0v) is 9.61. The molecule has 0 aromatic heterocycles. The van der Waals surface area contributed by atoms with E-state index < -0.39 is 5.60 Å². The normalized spacial score (nSPS) is 25.4. The fourth-order valence-electron chi connectivity index (χ4n) is 2.04. The number of hydrogen-bond donors (Lipinski definition) is 1. The first-order valence-corrected chi connectivity index (χ1v) is 5.78. The molecule has 1 aliphatic rings. The van der Waals surface area contributed by atoms with Crippen molar-refractivity contribution >= 4 is 0 Å². The highest BCUT2D eigenvalue weighted by molar-refractivity contribution is 5.31. The minimum atomic E-state index is -0.816. The molecule has 0 radical (unpaired) electrons. The predicted octanol–water partition coefficient (Wildman–Crippen LogP) is 2.08. The third-order valence-electron chi connectivity index (χ3n) is 2.92. The summed E-state index contributed by atoms with van der Waals surface area (Å²) >= 11 is 0. The lowest BCUT2D eigenvalue weighted by Crippen LogP contribution is -2.35. The largest absolute Gasteiger partial charge is 0.494 e. The maximum absolute atomic E-state index is 10.4. The van der Waals surface area contributed by atoms with Gasteiger partial charge in [0.15, 0.2) is 0 Å². The average Bonchev–Trinajstić information content (AvgIpc) is 2.31. The molecule has 3 heteroatoms. The summed E-state index contributed by atoms with van der Waals surface area (Å²) in [5.74, 6) is 0.839. The van der Waals surface area contributed by atoms with Crippen molar-refractivity contribution in [2.75, 3.05) is 19.8 Å². The van der Waals surface area contributed by atoms with Gasteiger partial charge in [-0.1, -0.05) is 12.1 Å². The first-order chi connectivity index (χ1) is 7.74. The first-order valence-electron chi connectivity index (χ1n) is 5.78. The van der Waals surface area contributed by atoms with Crippen molar-refractivity contribution < 1.29 is 14.6 Å². The molecule has 0 spiro atoms. The molecule has 1 saturated heterocycles. The van der Waals surface area contributed by atoms with Crippen LogP contribution in [-0.2, 0) is 10.3 Å². The molecule has 16 heavy (non-hydrogen) atoms. The molecule has 1 heterocycles. The summed E-state index contributed by atoms with van der Waals surface area (Å²) in [6.07, 6.45) is 1.67. The highest BCUT2D eigenvalue weighted by Gasteiger charge is 2.31. The topological polar surface area (TPSA) is 38.7 Å². The minimum absolute atomic E-state index is 0.390. The van der Waals surface area contributed by atoms with E-state index in [0.717, 1.165) is 30.8 Å². The Labute approximate surface area is 96.0 Å². The van der Waals surface area contributed by atoms with Gasteiger partial charge in [0.05, 0.1) is 13.2 Å². The fraction of sp³-hybridized carbons (Fsp3) is 0.538. The summed E-state index contributed by atoms with van der Waals surface area (Å²) < 4.78 is 10.7. The number of hydrogen-bond acceptors (Lipinski definition) is 3. The Balaban J connectivity index is 2.13. The molecule has 1 N–H and O–H groups in total. The number of rotatable bonds is 3. The third-order valence-corrected chi connectivity index (χ3v) is 2.92. The standard InChI is InChI=1S/C13H18O3/c1-2-16-12-6-4-11(5-7-12)13(14)8-3-9-15-10-13/h4-7,14H,2-3,8-10H2,1H3. The Morgan fingerprint density at radius 1 is 1.38 bits per heavy atom. The first kappa shape index (κ1) is 11.4. The molecule has 1 fully saturated rings. The monoisotopic (exact) mass is 222 g/mol. The second-order valence-corrected chi connectivity index (χ2v) is 4.15. The molecule has 3 nitrogen and oxygen atoms in total. The van der Waals surface area contributed by atoms with E-state index in [2.05, 4.69) is 0 Å². The van der Waals surface area contributed by atoms with E-state index in [-0.39, 0.29) is 0 Å². The SMILES string of the molecule is CCOc1ccc(C2(O)CCCOC2)cc1. The van der Waals surface area contributed by atoms with Crippen LogP contribution in [0.25, 0.3) is 0 Å². The highest BCUT2D eigenvalue weighted by Crippen LogP contribution is 2.31. The average molecular weight is 222 g/mol. The highest BCUT2D eigenvalue weighted by atomic mass is 16.5. The molecular weight excluding hydrogens is 204 g/mol. The summed E-state index contributed by atoms with van der Waals surface area (Å²) in [5, 5.41) is 10.4. The van der Waals surface area contributed by atoms with Crippen LogP contribution in [0.2, 0.25) is 0 Å². The Hall–Kier alpha value is -1.06. The maximum Gasteiger partial charge on any atom is 0.119 e. The van der Waals surface area contributed by atoms with Crippen molar-refractivity contribution in [3.63, 3.8) is 0 Å². The summed E-state index contributed by atoms with van der Waals surface area (Å²) in [5.41, 5.74) is 0.0962. The zero-order valence-electron chi connectivity index (χ0n) is 9.61. The lowest BCUT2D eigenvalue weighted by molar-refractivity contribution is -0.0902. The van der Waals surface area contributed by atoms with Gasteiger partial charge in [0.2, 0.25) is 0 Å². The third kappa shape index (κ3) is 2.36. The summed E-state index contributed by atoms with van der Waals surface area (Å²) in [6.45, 7) is 3.75. The van der Waals surface area contributed by atoms with E-state index >= 15 is 0 Å². The summed E-state index contributed by atoms with van der Waals surface area (Å²) in [7, 11) is 0. The minimum Gasteiger partial charge on any atom is -0.494 e. The lowest BCUT2D eigenvalue weighted by atomic mass is 9.88. The Bertz CT molecular complexity index is 326. The van der Waals surface area contributed by atoms with Crippen LogP contribution in [0.5, 0.6) is 5.75 Å². The van der Waals surface area contributed by atoms with Gasteiger partial charge in [-0.05, 0) is 37.5 Å². The van der Waals surface area contributed by atoms with Crippen molar-refractivity contribution in [1.82, 2.24) is 0 Å². The maximum atomic E-state index is 10.4. The second kappa shape index (κ2) is 4.85. The molecule has 0 amide bonds. The van der Waals surface area contributed by atoms with E-state index in [1.807, 2.05) is 31.2 Å². The Morgan fingerprint density at radius 2 is 2.12 bits per heavy atom. The Kier molecular flexibility index (Phi) is 3.46. The lowest BCUT2D eigenvalue weighted by Gasteiger charge is -2.32. The molecule has 0 aliphatic carbocycles. The van der Waals surface area contributed by atoms with Crippen LogP contribution < -0.4 is 4.74 Å². The van der Waals surface area contributed by atoms with E-state index in [1.165, 1.54) is 0 Å². The van der Waals surface area contributed by atoms with Gasteiger partial charge >= 0.3 is 0 Å². The van der Waals surface area contributed by atoms with Crippen molar-refractivity contribution in [3.05, 3.63) is 29.8 Å². The Morgan fingerprint density at radius 3 is 2.69 bits per heavy atom. The van der Waals surface area contributed by atoms with Crippen molar-refractivity contribution in [3.8, 4) is 5.75 Å². The molecular formula is C13H18O3. The van der Waals surface area contributed by atoms with Crippen LogP contribution in [0.3, 0.4) is 0 Å². The molecule has 88 valence electrons. The molecule has 1 unspecified atom stereocenters. The van der Waals surface area contributed by atoms with Gasteiger partial charge in [0.25, 0.3) is 0 Å². The molecule has 1 aromatic carbocycles.